The van der Waals surface area contributed by atoms with E-state index in [0.717, 1.165) is 24.3 Å². The van der Waals surface area contributed by atoms with Gasteiger partial charge in [0.2, 0.25) is 5.88 Å². The second-order valence-electron chi connectivity index (χ2n) is 4.41. The van der Waals surface area contributed by atoms with Crippen LogP contribution in [0.4, 0.5) is 0 Å². The van der Waals surface area contributed by atoms with Crippen LogP contribution < -0.4 is 10.1 Å². The van der Waals surface area contributed by atoms with Gasteiger partial charge in [0.25, 0.3) is 0 Å². The molecule has 1 N–H and O–H groups in total. The van der Waals surface area contributed by atoms with Crippen LogP contribution in [0, 0.1) is 6.92 Å². The standard InChI is InChI=1S/C15H16Cl2N2O/c1-3-18-9-11-6-10(2)19-15(7-11)20-14-5-4-12(16)8-13(14)17/h4-8,18H,3,9H2,1-2H3. The zero-order chi connectivity index (χ0) is 14.5. The molecule has 0 saturated carbocycles. The summed E-state index contributed by atoms with van der Waals surface area (Å²) >= 11 is 12.0. The Labute approximate surface area is 128 Å². The molecule has 0 spiro atoms. The lowest BCUT2D eigenvalue weighted by Gasteiger charge is -2.10. The van der Waals surface area contributed by atoms with Gasteiger partial charge in [-0.3, -0.25) is 0 Å². The first-order valence-corrected chi connectivity index (χ1v) is 7.15. The van der Waals surface area contributed by atoms with Crippen LogP contribution in [0.5, 0.6) is 11.6 Å². The summed E-state index contributed by atoms with van der Waals surface area (Å²) in [6.45, 7) is 5.70. The van der Waals surface area contributed by atoms with Crippen molar-refractivity contribution < 1.29 is 4.74 Å². The third kappa shape index (κ3) is 4.10. The average Bonchev–Trinajstić information content (AvgIpc) is 2.39. The number of nitrogens with one attached hydrogen (secondary N) is 1. The highest BCUT2D eigenvalue weighted by molar-refractivity contribution is 6.35. The normalized spacial score (nSPS) is 10.6. The molecule has 0 bridgehead atoms. The van der Waals surface area contributed by atoms with Crippen LogP contribution in [0.1, 0.15) is 18.2 Å². The molecule has 1 aromatic heterocycles. The molecule has 0 radical (unpaired) electrons. The minimum atomic E-state index is 0.467. The fourth-order valence-electron chi connectivity index (χ4n) is 1.80. The van der Waals surface area contributed by atoms with Gasteiger partial charge in [0.05, 0.1) is 5.02 Å². The summed E-state index contributed by atoms with van der Waals surface area (Å²) < 4.78 is 5.74. The number of halogens is 2. The van der Waals surface area contributed by atoms with Crippen molar-refractivity contribution in [1.29, 1.82) is 0 Å². The van der Waals surface area contributed by atoms with E-state index in [0.29, 0.717) is 21.7 Å². The van der Waals surface area contributed by atoms with E-state index in [1.807, 2.05) is 19.1 Å². The van der Waals surface area contributed by atoms with Crippen molar-refractivity contribution in [2.75, 3.05) is 6.54 Å². The van der Waals surface area contributed by atoms with Gasteiger partial charge in [-0.15, -0.1) is 0 Å². The predicted molar refractivity (Wildman–Crippen MR) is 82.9 cm³/mol. The SMILES string of the molecule is CCNCc1cc(C)nc(Oc2ccc(Cl)cc2Cl)c1. The molecule has 0 fully saturated rings. The third-order valence-electron chi connectivity index (χ3n) is 2.68. The monoisotopic (exact) mass is 310 g/mol. The van der Waals surface area contributed by atoms with E-state index in [9.17, 15) is 0 Å². The minimum Gasteiger partial charge on any atom is -0.437 e. The molecule has 0 aliphatic carbocycles. The van der Waals surface area contributed by atoms with E-state index in [1.165, 1.54) is 0 Å². The maximum atomic E-state index is 6.09. The molecule has 0 aliphatic rings. The van der Waals surface area contributed by atoms with Gasteiger partial charge in [0.1, 0.15) is 5.75 Å². The Kier molecular flexibility index (Phi) is 5.24. The van der Waals surface area contributed by atoms with E-state index >= 15 is 0 Å². The first kappa shape index (κ1) is 15.1. The lowest BCUT2D eigenvalue weighted by atomic mass is 10.2. The van der Waals surface area contributed by atoms with E-state index in [2.05, 4.69) is 17.2 Å². The van der Waals surface area contributed by atoms with Crippen LogP contribution in [0.15, 0.2) is 30.3 Å². The van der Waals surface area contributed by atoms with Gasteiger partial charge in [-0.05, 0) is 43.3 Å². The fraction of sp³-hybridized carbons (Fsp3) is 0.267. The molecule has 1 heterocycles. The highest BCUT2D eigenvalue weighted by Gasteiger charge is 2.07. The number of benzene rings is 1. The molecule has 5 heteroatoms. The Hall–Kier alpha value is -1.29. The minimum absolute atomic E-state index is 0.467. The van der Waals surface area contributed by atoms with Crippen molar-refractivity contribution >= 4 is 23.2 Å². The summed E-state index contributed by atoms with van der Waals surface area (Å²) in [7, 11) is 0. The van der Waals surface area contributed by atoms with Crippen LogP contribution in [0.3, 0.4) is 0 Å². The quantitative estimate of drug-likeness (QED) is 0.876. The molecular formula is C15H16Cl2N2O. The number of aromatic nitrogens is 1. The van der Waals surface area contributed by atoms with Gasteiger partial charge in [0, 0.05) is 23.3 Å². The Balaban J connectivity index is 2.21. The molecule has 0 atom stereocenters. The highest BCUT2D eigenvalue weighted by atomic mass is 35.5. The Morgan fingerprint density at radius 2 is 2.00 bits per heavy atom. The molecule has 106 valence electrons. The summed E-state index contributed by atoms with van der Waals surface area (Å²) in [6.07, 6.45) is 0. The van der Waals surface area contributed by atoms with Gasteiger partial charge in [0.15, 0.2) is 0 Å². The molecule has 0 unspecified atom stereocenters. The van der Waals surface area contributed by atoms with E-state index in [4.69, 9.17) is 27.9 Å². The second-order valence-corrected chi connectivity index (χ2v) is 5.26. The van der Waals surface area contributed by atoms with Crippen LogP contribution >= 0.6 is 23.2 Å². The first-order valence-electron chi connectivity index (χ1n) is 6.39. The van der Waals surface area contributed by atoms with Crippen molar-refractivity contribution in [3.05, 3.63) is 51.6 Å². The van der Waals surface area contributed by atoms with E-state index < -0.39 is 0 Å². The largest absolute Gasteiger partial charge is 0.437 e. The van der Waals surface area contributed by atoms with Gasteiger partial charge in [-0.25, -0.2) is 4.98 Å². The summed E-state index contributed by atoms with van der Waals surface area (Å²) in [4.78, 5) is 4.36. The smallest absolute Gasteiger partial charge is 0.219 e. The number of rotatable bonds is 5. The van der Waals surface area contributed by atoms with Crippen molar-refractivity contribution in [3.63, 3.8) is 0 Å². The van der Waals surface area contributed by atoms with Crippen LogP contribution in [-0.2, 0) is 6.54 Å². The molecule has 2 rings (SSSR count). The van der Waals surface area contributed by atoms with Crippen molar-refractivity contribution in [1.82, 2.24) is 10.3 Å². The van der Waals surface area contributed by atoms with Crippen LogP contribution in [0.25, 0.3) is 0 Å². The van der Waals surface area contributed by atoms with Crippen molar-refractivity contribution in [3.8, 4) is 11.6 Å². The molecule has 1 aromatic carbocycles. The maximum Gasteiger partial charge on any atom is 0.219 e. The third-order valence-corrected chi connectivity index (χ3v) is 3.21. The van der Waals surface area contributed by atoms with Crippen molar-refractivity contribution in [2.45, 2.75) is 20.4 Å². The molecule has 0 amide bonds. The average molecular weight is 311 g/mol. The summed E-state index contributed by atoms with van der Waals surface area (Å²) in [5, 5.41) is 4.32. The maximum absolute atomic E-state index is 6.09. The summed E-state index contributed by atoms with van der Waals surface area (Å²) in [5.41, 5.74) is 2.03. The summed E-state index contributed by atoms with van der Waals surface area (Å²) in [5.74, 6) is 1.07. The lowest BCUT2D eigenvalue weighted by Crippen LogP contribution is -2.12. The van der Waals surface area contributed by atoms with E-state index in [-0.39, 0.29) is 0 Å². The fourth-order valence-corrected chi connectivity index (χ4v) is 2.25. The number of pyridine rings is 1. The first-order chi connectivity index (χ1) is 9.58. The molecule has 20 heavy (non-hydrogen) atoms. The number of hydrogen-bond acceptors (Lipinski definition) is 3. The van der Waals surface area contributed by atoms with Gasteiger partial charge < -0.3 is 10.1 Å². The number of aryl methyl sites for hydroxylation is 1. The van der Waals surface area contributed by atoms with Gasteiger partial charge >= 0.3 is 0 Å². The molecule has 3 nitrogen and oxygen atoms in total. The lowest BCUT2D eigenvalue weighted by molar-refractivity contribution is 0.460. The second kappa shape index (κ2) is 6.93. The van der Waals surface area contributed by atoms with Crippen LogP contribution in [0.2, 0.25) is 10.0 Å². The number of nitrogens with zero attached hydrogens (tertiary/aromatic N) is 1. The molecule has 2 aromatic rings. The van der Waals surface area contributed by atoms with Gasteiger partial charge in [-0.1, -0.05) is 30.1 Å². The zero-order valence-electron chi connectivity index (χ0n) is 11.4. The Morgan fingerprint density at radius 1 is 1.20 bits per heavy atom. The Morgan fingerprint density at radius 3 is 2.70 bits per heavy atom. The van der Waals surface area contributed by atoms with E-state index in [1.54, 1.807) is 18.2 Å². The number of ether oxygens (including phenoxy) is 1. The zero-order valence-corrected chi connectivity index (χ0v) is 12.9. The molecule has 0 saturated heterocycles. The highest BCUT2D eigenvalue weighted by Crippen LogP contribution is 2.31. The molecule has 0 aliphatic heterocycles. The predicted octanol–water partition coefficient (Wildman–Crippen LogP) is 4.60. The number of hydrogen-bond donors (Lipinski definition) is 1. The topological polar surface area (TPSA) is 34.2 Å². The van der Waals surface area contributed by atoms with Crippen molar-refractivity contribution in [2.24, 2.45) is 0 Å². The summed E-state index contributed by atoms with van der Waals surface area (Å²) in [6, 6.07) is 9.05. The Bertz CT molecular complexity index is 602. The van der Waals surface area contributed by atoms with Crippen LogP contribution in [-0.4, -0.2) is 11.5 Å². The van der Waals surface area contributed by atoms with Gasteiger partial charge in [-0.2, -0.15) is 0 Å². The molecular weight excluding hydrogens is 295 g/mol.